The maximum Gasteiger partial charge on any atom is 0.335 e. The minimum atomic E-state index is -3.23. The van der Waals surface area contributed by atoms with Crippen LogP contribution in [0, 0.1) is 0 Å². The molecule has 1 atom stereocenters. The molecular formula is C21H26BrN2O5P. The molecule has 0 fully saturated rings. The van der Waals surface area contributed by atoms with Crippen LogP contribution in [0.1, 0.15) is 35.3 Å². The summed E-state index contributed by atoms with van der Waals surface area (Å²) >= 11 is 3.43. The molecule has 30 heavy (non-hydrogen) atoms. The average molecular weight is 497 g/mol. The van der Waals surface area contributed by atoms with Crippen LogP contribution >= 0.6 is 23.5 Å². The lowest BCUT2D eigenvalue weighted by molar-refractivity contribution is -0.119. The summed E-state index contributed by atoms with van der Waals surface area (Å²) in [6.07, 6.45) is 0.384. The summed E-state index contributed by atoms with van der Waals surface area (Å²) in [6.45, 7) is 4.07. The molecule has 162 valence electrons. The van der Waals surface area contributed by atoms with Crippen LogP contribution in [0.2, 0.25) is 0 Å². The predicted molar refractivity (Wildman–Crippen MR) is 119 cm³/mol. The number of amides is 2. The van der Waals surface area contributed by atoms with E-state index >= 15 is 0 Å². The number of nitrogens with two attached hydrogens (primary N) is 1. The topological polar surface area (TPSA) is 108 Å². The fourth-order valence-electron chi connectivity index (χ4n) is 2.86. The molecular weight excluding hydrogens is 471 g/mol. The van der Waals surface area contributed by atoms with Crippen LogP contribution in [0.25, 0.3) is 0 Å². The monoisotopic (exact) mass is 496 g/mol. The molecule has 3 N–H and O–H groups in total. The average Bonchev–Trinajstić information content (AvgIpc) is 2.69. The van der Waals surface area contributed by atoms with E-state index in [-0.39, 0.29) is 25.8 Å². The molecule has 0 saturated carbocycles. The van der Waals surface area contributed by atoms with Crippen LogP contribution in [0.3, 0.4) is 0 Å². The maximum atomic E-state index is 12.6. The Morgan fingerprint density at radius 1 is 1.07 bits per heavy atom. The summed E-state index contributed by atoms with van der Waals surface area (Å²) in [5.74, 6) is -1.04. The SMILES string of the molecule is CCOP(=O)(Cc1ccc(C(=O)N[C@H](Cc2ccccc2Br)C(N)=O)cc1)OCC. The van der Waals surface area contributed by atoms with Gasteiger partial charge in [0.05, 0.1) is 19.4 Å². The van der Waals surface area contributed by atoms with Gasteiger partial charge in [0.2, 0.25) is 5.91 Å². The Balaban J connectivity index is 2.07. The van der Waals surface area contributed by atoms with Crippen LogP contribution in [-0.4, -0.2) is 31.1 Å². The van der Waals surface area contributed by atoms with Crippen molar-refractivity contribution in [3.8, 4) is 0 Å². The van der Waals surface area contributed by atoms with Crippen LogP contribution in [-0.2, 0) is 31.0 Å². The van der Waals surface area contributed by atoms with Crippen molar-refractivity contribution in [3.63, 3.8) is 0 Å². The third kappa shape index (κ3) is 7.06. The molecule has 0 radical (unpaired) electrons. The summed E-state index contributed by atoms with van der Waals surface area (Å²) < 4.78 is 24.1. The summed E-state index contributed by atoms with van der Waals surface area (Å²) in [5, 5.41) is 2.68. The standard InChI is InChI=1S/C21H26BrN2O5P/c1-3-28-30(27,29-4-2)14-15-9-11-16(12-10-15)21(26)24-19(20(23)25)13-17-7-5-6-8-18(17)22/h5-12,19H,3-4,13-14H2,1-2H3,(H2,23,25)(H,24,26)/t19-/m1/s1. The van der Waals surface area contributed by atoms with Gasteiger partial charge in [0.1, 0.15) is 6.04 Å². The van der Waals surface area contributed by atoms with Gasteiger partial charge in [-0.25, -0.2) is 0 Å². The van der Waals surface area contributed by atoms with E-state index in [0.29, 0.717) is 5.56 Å². The van der Waals surface area contributed by atoms with Gasteiger partial charge in [0.15, 0.2) is 0 Å². The first-order chi connectivity index (χ1) is 14.3. The Morgan fingerprint density at radius 3 is 2.20 bits per heavy atom. The lowest BCUT2D eigenvalue weighted by atomic mass is 10.0. The molecule has 0 aliphatic heterocycles. The van der Waals surface area contributed by atoms with Gasteiger partial charge in [0.25, 0.3) is 5.91 Å². The normalized spacial score (nSPS) is 12.4. The highest BCUT2D eigenvalue weighted by Gasteiger charge is 2.24. The Kier molecular flexibility index (Phi) is 9.24. The summed E-state index contributed by atoms with van der Waals surface area (Å²) in [7, 11) is -3.23. The highest BCUT2D eigenvalue weighted by Crippen LogP contribution is 2.51. The molecule has 0 saturated heterocycles. The molecule has 0 unspecified atom stereocenters. The van der Waals surface area contributed by atoms with Crippen LogP contribution in [0.5, 0.6) is 0 Å². The molecule has 2 rings (SSSR count). The Bertz CT molecular complexity index is 910. The van der Waals surface area contributed by atoms with Crippen molar-refractivity contribution >= 4 is 35.3 Å². The number of hydrogen-bond donors (Lipinski definition) is 2. The predicted octanol–water partition coefficient (Wildman–Crippen LogP) is 4.04. The van der Waals surface area contributed by atoms with Crippen molar-refractivity contribution in [1.82, 2.24) is 5.32 Å². The van der Waals surface area contributed by atoms with E-state index in [1.807, 2.05) is 24.3 Å². The molecule has 0 bridgehead atoms. The van der Waals surface area contributed by atoms with E-state index in [0.717, 1.165) is 15.6 Å². The van der Waals surface area contributed by atoms with E-state index in [1.165, 1.54) is 0 Å². The molecule has 2 amide bonds. The van der Waals surface area contributed by atoms with Crippen LogP contribution < -0.4 is 11.1 Å². The minimum absolute atomic E-state index is 0.114. The third-order valence-corrected chi connectivity index (χ3v) is 7.10. The zero-order valence-corrected chi connectivity index (χ0v) is 19.4. The second-order valence-corrected chi connectivity index (χ2v) is 9.43. The fourth-order valence-corrected chi connectivity index (χ4v) is 5.00. The van der Waals surface area contributed by atoms with E-state index in [2.05, 4.69) is 21.2 Å². The van der Waals surface area contributed by atoms with Gasteiger partial charge >= 0.3 is 7.60 Å². The van der Waals surface area contributed by atoms with E-state index in [1.54, 1.807) is 38.1 Å². The molecule has 2 aromatic rings. The van der Waals surface area contributed by atoms with Crippen molar-refractivity contribution in [1.29, 1.82) is 0 Å². The molecule has 0 aliphatic carbocycles. The second-order valence-electron chi connectivity index (χ2n) is 6.53. The molecule has 2 aromatic carbocycles. The van der Waals surface area contributed by atoms with Crippen molar-refractivity contribution in [3.05, 3.63) is 69.7 Å². The largest absolute Gasteiger partial charge is 0.368 e. The number of rotatable bonds is 11. The molecule has 0 aromatic heterocycles. The summed E-state index contributed by atoms with van der Waals surface area (Å²) in [4.78, 5) is 24.5. The summed E-state index contributed by atoms with van der Waals surface area (Å²) in [5.41, 5.74) is 7.42. The molecule has 7 nitrogen and oxygen atoms in total. The number of carbonyl (C=O) groups is 2. The van der Waals surface area contributed by atoms with Crippen LogP contribution in [0.15, 0.2) is 53.0 Å². The van der Waals surface area contributed by atoms with Crippen molar-refractivity contribution < 1.29 is 23.2 Å². The minimum Gasteiger partial charge on any atom is -0.368 e. The van der Waals surface area contributed by atoms with Gasteiger partial charge in [-0.3, -0.25) is 14.2 Å². The highest BCUT2D eigenvalue weighted by atomic mass is 79.9. The number of carbonyl (C=O) groups excluding carboxylic acids is 2. The van der Waals surface area contributed by atoms with Gasteiger partial charge in [-0.15, -0.1) is 0 Å². The molecule has 0 heterocycles. The number of benzene rings is 2. The lowest BCUT2D eigenvalue weighted by Crippen LogP contribution is -2.45. The highest BCUT2D eigenvalue weighted by molar-refractivity contribution is 9.10. The van der Waals surface area contributed by atoms with Gasteiger partial charge in [0, 0.05) is 16.5 Å². The van der Waals surface area contributed by atoms with Crippen molar-refractivity contribution in [2.45, 2.75) is 32.5 Å². The number of primary amides is 1. The quantitative estimate of drug-likeness (QED) is 0.456. The van der Waals surface area contributed by atoms with E-state index in [4.69, 9.17) is 14.8 Å². The number of hydrogen-bond acceptors (Lipinski definition) is 5. The Hall–Kier alpha value is -1.99. The Morgan fingerprint density at radius 2 is 1.67 bits per heavy atom. The first-order valence-corrected chi connectivity index (χ1v) is 12.1. The molecule has 0 aliphatic rings. The zero-order valence-electron chi connectivity index (χ0n) is 17.0. The first-order valence-electron chi connectivity index (χ1n) is 9.58. The van der Waals surface area contributed by atoms with Crippen molar-refractivity contribution in [2.24, 2.45) is 5.73 Å². The first kappa shape index (κ1) is 24.3. The van der Waals surface area contributed by atoms with Gasteiger partial charge in [-0.1, -0.05) is 46.3 Å². The summed E-state index contributed by atoms with van der Waals surface area (Å²) in [6, 6.07) is 13.1. The maximum absolute atomic E-state index is 12.6. The smallest absolute Gasteiger partial charge is 0.335 e. The zero-order chi connectivity index (χ0) is 22.1. The van der Waals surface area contributed by atoms with E-state index < -0.39 is 25.5 Å². The number of halogens is 1. The number of nitrogens with one attached hydrogen (secondary N) is 1. The van der Waals surface area contributed by atoms with Gasteiger partial charge in [-0.05, 0) is 43.2 Å². The Labute approximate surface area is 185 Å². The second kappa shape index (κ2) is 11.4. The van der Waals surface area contributed by atoms with Crippen molar-refractivity contribution in [2.75, 3.05) is 13.2 Å². The lowest BCUT2D eigenvalue weighted by Gasteiger charge is -2.18. The third-order valence-electron chi connectivity index (χ3n) is 4.27. The van der Waals surface area contributed by atoms with E-state index in [9.17, 15) is 14.2 Å². The molecule has 0 spiro atoms. The van der Waals surface area contributed by atoms with Gasteiger partial charge in [-0.2, -0.15) is 0 Å². The van der Waals surface area contributed by atoms with Gasteiger partial charge < -0.3 is 20.1 Å². The van der Waals surface area contributed by atoms with Crippen LogP contribution in [0.4, 0.5) is 0 Å². The molecule has 9 heteroatoms. The fraction of sp³-hybridized carbons (Fsp3) is 0.333.